The molecule has 4 nitrogen and oxygen atoms in total. The first-order chi connectivity index (χ1) is 12.1. The molecule has 0 radical (unpaired) electrons. The fraction of sp³-hybridized carbons (Fsp3) is 0.381. The number of nitrogens with one attached hydrogen (secondary N) is 1. The lowest BCUT2D eigenvalue weighted by Crippen LogP contribution is -2.33. The topological polar surface area (TPSA) is 58.4 Å². The van der Waals surface area contributed by atoms with Gasteiger partial charge in [0.25, 0.3) is 5.91 Å². The quantitative estimate of drug-likeness (QED) is 0.738. The van der Waals surface area contributed by atoms with Crippen LogP contribution in [0.3, 0.4) is 0 Å². The molecule has 0 heterocycles. The van der Waals surface area contributed by atoms with Gasteiger partial charge >= 0.3 is 0 Å². The third kappa shape index (κ3) is 6.33. The van der Waals surface area contributed by atoms with Crippen molar-refractivity contribution in [2.45, 2.75) is 26.3 Å². The molecule has 1 amide bonds. The molecular formula is C21H29N3O. The lowest BCUT2D eigenvalue weighted by Gasteiger charge is -2.17. The molecule has 134 valence electrons. The van der Waals surface area contributed by atoms with Gasteiger partial charge in [0.2, 0.25) is 0 Å². The summed E-state index contributed by atoms with van der Waals surface area (Å²) in [7, 11) is 2.09. The minimum absolute atomic E-state index is 0.00601. The maximum atomic E-state index is 12.2. The molecular weight excluding hydrogens is 310 g/mol. The number of rotatable bonds is 9. The Bertz CT molecular complexity index is 667. The summed E-state index contributed by atoms with van der Waals surface area (Å²) in [6, 6.07) is 16.2. The van der Waals surface area contributed by atoms with Crippen LogP contribution in [-0.2, 0) is 13.0 Å². The van der Waals surface area contributed by atoms with Gasteiger partial charge < -0.3 is 16.0 Å². The molecule has 3 N–H and O–H groups in total. The number of carbonyl (C=O) groups is 1. The summed E-state index contributed by atoms with van der Waals surface area (Å²) in [5.41, 5.74) is 9.90. The highest BCUT2D eigenvalue weighted by atomic mass is 16.1. The average Bonchev–Trinajstić information content (AvgIpc) is 2.62. The molecule has 0 unspecified atom stereocenters. The number of benzene rings is 2. The Hall–Kier alpha value is -2.17. The molecule has 0 bridgehead atoms. The molecule has 2 aromatic carbocycles. The van der Waals surface area contributed by atoms with Crippen molar-refractivity contribution in [2.75, 3.05) is 26.7 Å². The van der Waals surface area contributed by atoms with Crippen LogP contribution in [0.1, 0.15) is 33.5 Å². The Morgan fingerprint density at radius 1 is 1.04 bits per heavy atom. The van der Waals surface area contributed by atoms with E-state index >= 15 is 0 Å². The average molecular weight is 339 g/mol. The lowest BCUT2D eigenvalue weighted by atomic mass is 10.1. The Kier molecular flexibility index (Phi) is 7.64. The largest absolute Gasteiger partial charge is 0.351 e. The molecule has 4 heteroatoms. The highest BCUT2D eigenvalue weighted by molar-refractivity contribution is 5.95. The first-order valence-corrected chi connectivity index (χ1v) is 8.90. The normalized spacial score (nSPS) is 10.9. The van der Waals surface area contributed by atoms with E-state index in [1.54, 1.807) is 0 Å². The summed E-state index contributed by atoms with van der Waals surface area (Å²) in [4.78, 5) is 14.4. The van der Waals surface area contributed by atoms with Crippen LogP contribution in [0.4, 0.5) is 0 Å². The first-order valence-electron chi connectivity index (χ1n) is 8.90. The summed E-state index contributed by atoms with van der Waals surface area (Å²) in [5.74, 6) is 0.00601. The van der Waals surface area contributed by atoms with E-state index in [0.29, 0.717) is 13.1 Å². The van der Waals surface area contributed by atoms with Crippen LogP contribution in [0.15, 0.2) is 48.5 Å². The zero-order valence-corrected chi connectivity index (χ0v) is 15.3. The molecule has 0 aliphatic carbocycles. The van der Waals surface area contributed by atoms with Gasteiger partial charge in [0.05, 0.1) is 0 Å². The van der Waals surface area contributed by atoms with E-state index in [1.807, 2.05) is 31.2 Å². The van der Waals surface area contributed by atoms with Crippen LogP contribution in [0.25, 0.3) is 0 Å². The van der Waals surface area contributed by atoms with Crippen molar-refractivity contribution in [1.82, 2.24) is 10.2 Å². The standard InChI is InChI=1S/C21H29N3O/c1-17-6-3-4-8-20(17)21(25)23-13-15-24(2)14-5-7-18-9-11-19(16-22)12-10-18/h3-4,6,8-12H,5,7,13-16,22H2,1-2H3,(H,23,25). The van der Waals surface area contributed by atoms with Gasteiger partial charge in [-0.1, -0.05) is 42.5 Å². The molecule has 0 fully saturated rings. The number of nitrogens with zero attached hydrogens (tertiary/aromatic N) is 1. The summed E-state index contributed by atoms with van der Waals surface area (Å²) in [6.45, 7) is 5.08. The highest BCUT2D eigenvalue weighted by Crippen LogP contribution is 2.07. The first kappa shape index (κ1) is 19.2. The maximum absolute atomic E-state index is 12.2. The predicted molar refractivity (Wildman–Crippen MR) is 104 cm³/mol. The number of nitrogens with two attached hydrogens (primary N) is 1. The van der Waals surface area contributed by atoms with Gasteiger partial charge in [-0.05, 0) is 56.1 Å². The fourth-order valence-electron chi connectivity index (χ4n) is 2.79. The molecule has 0 aromatic heterocycles. The molecule has 2 aromatic rings. The van der Waals surface area contributed by atoms with Crippen molar-refractivity contribution < 1.29 is 4.79 Å². The zero-order chi connectivity index (χ0) is 18.1. The second-order valence-electron chi connectivity index (χ2n) is 6.50. The molecule has 0 atom stereocenters. The van der Waals surface area contributed by atoms with Gasteiger partial charge in [0.15, 0.2) is 0 Å². The van der Waals surface area contributed by atoms with Crippen molar-refractivity contribution in [1.29, 1.82) is 0 Å². The number of aryl methyl sites for hydroxylation is 2. The van der Waals surface area contributed by atoms with E-state index in [0.717, 1.165) is 37.1 Å². The smallest absolute Gasteiger partial charge is 0.251 e. The monoisotopic (exact) mass is 339 g/mol. The molecule has 25 heavy (non-hydrogen) atoms. The van der Waals surface area contributed by atoms with E-state index in [1.165, 1.54) is 11.1 Å². The van der Waals surface area contributed by atoms with Crippen LogP contribution < -0.4 is 11.1 Å². The molecule has 0 spiro atoms. The summed E-state index contributed by atoms with van der Waals surface area (Å²) in [5, 5.41) is 3.00. The molecule has 0 aliphatic rings. The fourth-order valence-corrected chi connectivity index (χ4v) is 2.79. The van der Waals surface area contributed by atoms with E-state index in [2.05, 4.69) is 41.5 Å². The van der Waals surface area contributed by atoms with Gasteiger partial charge in [-0.2, -0.15) is 0 Å². The Labute approximate surface area is 151 Å². The van der Waals surface area contributed by atoms with E-state index in [9.17, 15) is 4.79 Å². The lowest BCUT2D eigenvalue weighted by molar-refractivity contribution is 0.0949. The minimum Gasteiger partial charge on any atom is -0.351 e. The number of amides is 1. The number of carbonyl (C=O) groups excluding carboxylic acids is 1. The van der Waals surface area contributed by atoms with Crippen molar-refractivity contribution in [3.8, 4) is 0 Å². The maximum Gasteiger partial charge on any atom is 0.251 e. The molecule has 0 saturated carbocycles. The Balaban J connectivity index is 1.64. The van der Waals surface area contributed by atoms with Crippen molar-refractivity contribution >= 4 is 5.91 Å². The number of hydrogen-bond donors (Lipinski definition) is 2. The van der Waals surface area contributed by atoms with Crippen molar-refractivity contribution in [3.05, 3.63) is 70.8 Å². The van der Waals surface area contributed by atoms with Gasteiger partial charge in [-0.3, -0.25) is 4.79 Å². The molecule has 0 aliphatic heterocycles. The molecule has 0 saturated heterocycles. The second-order valence-corrected chi connectivity index (χ2v) is 6.50. The SMILES string of the molecule is Cc1ccccc1C(=O)NCCN(C)CCCc1ccc(CN)cc1. The van der Waals surface area contributed by atoms with Gasteiger partial charge in [0.1, 0.15) is 0 Å². The Morgan fingerprint density at radius 2 is 1.72 bits per heavy atom. The van der Waals surface area contributed by atoms with E-state index in [-0.39, 0.29) is 5.91 Å². The van der Waals surface area contributed by atoms with Crippen LogP contribution in [-0.4, -0.2) is 37.5 Å². The van der Waals surface area contributed by atoms with Crippen molar-refractivity contribution in [3.63, 3.8) is 0 Å². The highest BCUT2D eigenvalue weighted by Gasteiger charge is 2.07. The summed E-state index contributed by atoms with van der Waals surface area (Å²) < 4.78 is 0. The van der Waals surface area contributed by atoms with Crippen LogP contribution in [0, 0.1) is 6.92 Å². The third-order valence-electron chi connectivity index (χ3n) is 4.43. The second kappa shape index (κ2) is 9.97. The predicted octanol–water partition coefficient (Wildman–Crippen LogP) is 2.75. The van der Waals surface area contributed by atoms with E-state index in [4.69, 9.17) is 5.73 Å². The third-order valence-corrected chi connectivity index (χ3v) is 4.43. The Morgan fingerprint density at radius 3 is 2.40 bits per heavy atom. The van der Waals surface area contributed by atoms with Crippen LogP contribution >= 0.6 is 0 Å². The van der Waals surface area contributed by atoms with Gasteiger partial charge in [-0.25, -0.2) is 0 Å². The van der Waals surface area contributed by atoms with Gasteiger partial charge in [-0.15, -0.1) is 0 Å². The summed E-state index contributed by atoms with van der Waals surface area (Å²) in [6.07, 6.45) is 2.16. The number of likely N-dealkylation sites (N-methyl/N-ethyl adjacent to an activating group) is 1. The minimum atomic E-state index is 0.00601. The zero-order valence-electron chi connectivity index (χ0n) is 15.3. The molecule has 2 rings (SSSR count). The van der Waals surface area contributed by atoms with Crippen LogP contribution in [0.2, 0.25) is 0 Å². The van der Waals surface area contributed by atoms with Gasteiger partial charge in [0, 0.05) is 25.2 Å². The van der Waals surface area contributed by atoms with Crippen LogP contribution in [0.5, 0.6) is 0 Å². The van der Waals surface area contributed by atoms with Crippen molar-refractivity contribution in [2.24, 2.45) is 5.73 Å². The number of hydrogen-bond acceptors (Lipinski definition) is 3. The van der Waals surface area contributed by atoms with E-state index < -0.39 is 0 Å². The summed E-state index contributed by atoms with van der Waals surface area (Å²) >= 11 is 0.